The van der Waals surface area contributed by atoms with Gasteiger partial charge in [-0.1, -0.05) is 15.9 Å². The van der Waals surface area contributed by atoms with Crippen molar-refractivity contribution in [3.8, 4) is 0 Å². The van der Waals surface area contributed by atoms with E-state index in [1.54, 1.807) is 0 Å². The van der Waals surface area contributed by atoms with E-state index in [9.17, 15) is 13.2 Å². The Kier molecular flexibility index (Phi) is 4.16. The Labute approximate surface area is 94.0 Å². The molecule has 0 aliphatic heterocycles. The topological polar surface area (TPSA) is 20.2 Å². The summed E-state index contributed by atoms with van der Waals surface area (Å²) < 4.78 is 37.7. The highest BCUT2D eigenvalue weighted by Crippen LogP contribution is 2.32. The molecular formula is C10H10BrF3O. The van der Waals surface area contributed by atoms with Gasteiger partial charge in [0.1, 0.15) is 0 Å². The van der Waals surface area contributed by atoms with Crippen LogP contribution in [0, 0.1) is 0 Å². The van der Waals surface area contributed by atoms with Crippen LogP contribution >= 0.6 is 15.9 Å². The minimum Gasteiger partial charge on any atom is -0.396 e. The van der Waals surface area contributed by atoms with Crippen LogP contribution in [-0.4, -0.2) is 11.7 Å². The molecule has 0 bridgehead atoms. The number of halogens is 4. The fourth-order valence-electron chi connectivity index (χ4n) is 1.21. The molecule has 5 heteroatoms. The Bertz CT molecular complexity index is 336. The zero-order valence-electron chi connectivity index (χ0n) is 7.81. The minimum absolute atomic E-state index is 0.0251. The Morgan fingerprint density at radius 1 is 1.27 bits per heavy atom. The molecule has 1 aromatic rings. The lowest BCUT2D eigenvalue weighted by atomic mass is 10.1. The van der Waals surface area contributed by atoms with Gasteiger partial charge in [0.25, 0.3) is 0 Å². The molecule has 0 aliphatic carbocycles. The van der Waals surface area contributed by atoms with Crippen LogP contribution in [0.1, 0.15) is 17.5 Å². The molecule has 0 heterocycles. The number of benzene rings is 1. The molecule has 0 saturated carbocycles. The van der Waals surface area contributed by atoms with Crippen LogP contribution in [0.25, 0.3) is 0 Å². The third-order valence-corrected chi connectivity index (χ3v) is 2.75. The number of aliphatic hydroxyl groups is 1. The fraction of sp³-hybridized carbons (Fsp3) is 0.400. The van der Waals surface area contributed by atoms with Crippen molar-refractivity contribution in [2.24, 2.45) is 0 Å². The van der Waals surface area contributed by atoms with Crippen molar-refractivity contribution in [1.29, 1.82) is 0 Å². The molecule has 0 amide bonds. The highest BCUT2D eigenvalue weighted by molar-refractivity contribution is 9.10. The lowest BCUT2D eigenvalue weighted by molar-refractivity contribution is -0.137. The van der Waals surface area contributed by atoms with Gasteiger partial charge >= 0.3 is 6.18 Å². The van der Waals surface area contributed by atoms with Crippen molar-refractivity contribution in [3.63, 3.8) is 0 Å². The van der Waals surface area contributed by atoms with Crippen LogP contribution in [0.2, 0.25) is 0 Å². The molecule has 1 N–H and O–H groups in total. The van der Waals surface area contributed by atoms with Crippen LogP contribution < -0.4 is 0 Å². The number of aliphatic hydroxyl groups excluding tert-OH is 1. The SMILES string of the molecule is OCCCc1cc(C(F)(F)F)ccc1Br. The van der Waals surface area contributed by atoms with Gasteiger partial charge in [-0.15, -0.1) is 0 Å². The van der Waals surface area contributed by atoms with E-state index < -0.39 is 11.7 Å². The molecule has 0 saturated heterocycles. The van der Waals surface area contributed by atoms with Gasteiger partial charge in [0.2, 0.25) is 0 Å². The molecule has 84 valence electrons. The van der Waals surface area contributed by atoms with Crippen molar-refractivity contribution in [3.05, 3.63) is 33.8 Å². The summed E-state index contributed by atoms with van der Waals surface area (Å²) in [5, 5.41) is 8.61. The van der Waals surface area contributed by atoms with Crippen molar-refractivity contribution < 1.29 is 18.3 Å². The lowest BCUT2D eigenvalue weighted by Gasteiger charge is -2.10. The Morgan fingerprint density at radius 2 is 1.93 bits per heavy atom. The van der Waals surface area contributed by atoms with Crippen LogP contribution in [0.15, 0.2) is 22.7 Å². The van der Waals surface area contributed by atoms with Crippen LogP contribution in [0.3, 0.4) is 0 Å². The van der Waals surface area contributed by atoms with Crippen molar-refractivity contribution in [2.45, 2.75) is 19.0 Å². The van der Waals surface area contributed by atoms with Crippen molar-refractivity contribution in [1.82, 2.24) is 0 Å². The lowest BCUT2D eigenvalue weighted by Crippen LogP contribution is -2.05. The highest BCUT2D eigenvalue weighted by Gasteiger charge is 2.30. The third-order valence-electron chi connectivity index (χ3n) is 1.98. The van der Waals surface area contributed by atoms with Gasteiger partial charge in [-0.25, -0.2) is 0 Å². The summed E-state index contributed by atoms with van der Waals surface area (Å²) in [5.74, 6) is 0. The summed E-state index contributed by atoms with van der Waals surface area (Å²) in [7, 11) is 0. The zero-order valence-corrected chi connectivity index (χ0v) is 9.40. The normalized spacial score (nSPS) is 11.8. The molecule has 0 aromatic heterocycles. The average molecular weight is 283 g/mol. The van der Waals surface area contributed by atoms with E-state index in [-0.39, 0.29) is 6.61 Å². The summed E-state index contributed by atoms with van der Waals surface area (Å²) in [6.07, 6.45) is -3.42. The van der Waals surface area contributed by atoms with E-state index in [4.69, 9.17) is 5.11 Å². The average Bonchev–Trinajstić information content (AvgIpc) is 2.15. The smallest absolute Gasteiger partial charge is 0.396 e. The quantitative estimate of drug-likeness (QED) is 0.901. The Balaban J connectivity index is 2.95. The van der Waals surface area contributed by atoms with Gasteiger partial charge < -0.3 is 5.11 Å². The maximum absolute atomic E-state index is 12.4. The first kappa shape index (κ1) is 12.5. The van der Waals surface area contributed by atoms with Gasteiger partial charge in [0.15, 0.2) is 0 Å². The molecule has 1 aromatic carbocycles. The second kappa shape index (κ2) is 4.99. The second-order valence-corrected chi connectivity index (χ2v) is 3.99. The fourth-order valence-corrected chi connectivity index (χ4v) is 1.66. The van der Waals surface area contributed by atoms with Gasteiger partial charge in [0.05, 0.1) is 5.56 Å². The van der Waals surface area contributed by atoms with Gasteiger partial charge in [-0.3, -0.25) is 0 Å². The zero-order chi connectivity index (χ0) is 11.5. The van der Waals surface area contributed by atoms with E-state index in [1.165, 1.54) is 6.07 Å². The maximum Gasteiger partial charge on any atom is 0.416 e. The second-order valence-electron chi connectivity index (χ2n) is 3.13. The molecular weight excluding hydrogens is 273 g/mol. The molecule has 0 radical (unpaired) electrons. The number of aryl methyl sites for hydroxylation is 1. The summed E-state index contributed by atoms with van der Waals surface area (Å²) in [6.45, 7) is -0.0251. The van der Waals surface area contributed by atoms with E-state index in [0.717, 1.165) is 12.1 Å². The van der Waals surface area contributed by atoms with Crippen LogP contribution in [0.5, 0.6) is 0 Å². The molecule has 0 fully saturated rings. The Morgan fingerprint density at radius 3 is 2.47 bits per heavy atom. The van der Waals surface area contributed by atoms with E-state index in [2.05, 4.69) is 15.9 Å². The largest absolute Gasteiger partial charge is 0.416 e. The summed E-state index contributed by atoms with van der Waals surface area (Å²) >= 11 is 3.18. The minimum atomic E-state index is -4.31. The highest BCUT2D eigenvalue weighted by atomic mass is 79.9. The number of alkyl halides is 3. The van der Waals surface area contributed by atoms with Crippen LogP contribution in [-0.2, 0) is 12.6 Å². The number of hydrogen-bond acceptors (Lipinski definition) is 1. The first-order valence-electron chi connectivity index (χ1n) is 4.41. The van der Waals surface area contributed by atoms with E-state index in [0.29, 0.717) is 22.9 Å². The summed E-state index contributed by atoms with van der Waals surface area (Å²) in [4.78, 5) is 0. The predicted molar refractivity (Wildman–Crippen MR) is 54.6 cm³/mol. The molecule has 0 unspecified atom stereocenters. The summed E-state index contributed by atoms with van der Waals surface area (Å²) in [6, 6.07) is 3.53. The van der Waals surface area contributed by atoms with Crippen molar-refractivity contribution in [2.75, 3.05) is 6.61 Å². The van der Waals surface area contributed by atoms with E-state index >= 15 is 0 Å². The third kappa shape index (κ3) is 3.50. The molecule has 15 heavy (non-hydrogen) atoms. The monoisotopic (exact) mass is 282 g/mol. The maximum atomic E-state index is 12.4. The summed E-state index contributed by atoms with van der Waals surface area (Å²) in [5.41, 5.74) is -0.0856. The first-order chi connectivity index (χ1) is 6.95. The number of rotatable bonds is 3. The van der Waals surface area contributed by atoms with Crippen LogP contribution in [0.4, 0.5) is 13.2 Å². The van der Waals surface area contributed by atoms with Gasteiger partial charge in [-0.2, -0.15) is 13.2 Å². The standard InChI is InChI=1S/C10H10BrF3O/c11-9-4-3-8(10(12,13)14)6-7(9)2-1-5-15/h3-4,6,15H,1-2,5H2. The van der Waals surface area contributed by atoms with Gasteiger partial charge in [0, 0.05) is 11.1 Å². The molecule has 1 rings (SSSR count). The molecule has 0 spiro atoms. The molecule has 0 aliphatic rings. The predicted octanol–water partition coefficient (Wildman–Crippen LogP) is 3.39. The van der Waals surface area contributed by atoms with Gasteiger partial charge in [-0.05, 0) is 36.6 Å². The molecule has 1 nitrogen and oxygen atoms in total. The Hall–Kier alpha value is -0.550. The number of hydrogen-bond donors (Lipinski definition) is 1. The van der Waals surface area contributed by atoms with Crippen molar-refractivity contribution >= 4 is 15.9 Å². The van der Waals surface area contributed by atoms with E-state index in [1.807, 2.05) is 0 Å². The molecule has 0 atom stereocenters. The first-order valence-corrected chi connectivity index (χ1v) is 5.21.